The molecule has 1 aromatic rings. The summed E-state index contributed by atoms with van der Waals surface area (Å²) in [6.07, 6.45) is 4.26. The Kier molecular flexibility index (Phi) is 8.18. The van der Waals surface area contributed by atoms with Crippen molar-refractivity contribution in [1.82, 2.24) is 20.0 Å². The summed E-state index contributed by atoms with van der Waals surface area (Å²) in [5.41, 5.74) is 0.701. The van der Waals surface area contributed by atoms with Gasteiger partial charge in [0.25, 0.3) is 0 Å². The third-order valence-electron chi connectivity index (χ3n) is 7.03. The summed E-state index contributed by atoms with van der Waals surface area (Å²) in [5.74, 6) is 1.02. The van der Waals surface area contributed by atoms with Gasteiger partial charge in [-0.2, -0.15) is 0 Å². The van der Waals surface area contributed by atoms with Crippen LogP contribution in [0.1, 0.15) is 38.2 Å². The van der Waals surface area contributed by atoms with Crippen LogP contribution in [0.15, 0.2) is 29.3 Å². The number of halogens is 2. The Morgan fingerprint density at radius 1 is 1.10 bits per heavy atom. The van der Waals surface area contributed by atoms with Crippen LogP contribution in [0.5, 0.6) is 0 Å². The zero-order valence-corrected chi connectivity index (χ0v) is 21.0. The van der Waals surface area contributed by atoms with E-state index in [2.05, 4.69) is 20.1 Å². The number of piperazine rings is 1. The molecule has 2 heterocycles. The lowest BCUT2D eigenvalue weighted by Gasteiger charge is -2.39. The first-order valence-corrected chi connectivity index (χ1v) is 11.3. The third kappa shape index (κ3) is 5.32. The normalized spacial score (nSPS) is 22.1. The predicted molar refractivity (Wildman–Crippen MR) is 133 cm³/mol. The minimum atomic E-state index is -0.114. The first kappa shape index (κ1) is 24.2. The molecule has 3 fully saturated rings. The van der Waals surface area contributed by atoms with Crippen LogP contribution in [0.25, 0.3) is 0 Å². The van der Waals surface area contributed by atoms with Crippen LogP contribution >= 0.6 is 24.0 Å². The molecule has 1 amide bonds. The number of aliphatic imine (C=N–C) groups is 1. The fourth-order valence-corrected chi connectivity index (χ4v) is 4.84. The second-order valence-corrected chi connectivity index (χ2v) is 8.89. The molecule has 0 aromatic heterocycles. The average Bonchev–Trinajstić information content (AvgIpc) is 3.35. The molecule has 1 N–H and O–H groups in total. The van der Waals surface area contributed by atoms with Gasteiger partial charge in [0.05, 0.1) is 6.04 Å². The summed E-state index contributed by atoms with van der Waals surface area (Å²) in [5, 5.41) is 3.49. The van der Waals surface area contributed by atoms with E-state index < -0.39 is 0 Å². The number of hydrogen-bond donors (Lipinski definition) is 1. The smallest absolute Gasteiger partial charge is 0.239 e. The van der Waals surface area contributed by atoms with E-state index in [4.69, 9.17) is 0 Å². The molecule has 1 saturated carbocycles. The quantitative estimate of drug-likeness (QED) is 0.353. The van der Waals surface area contributed by atoms with Crippen LogP contribution in [-0.4, -0.2) is 85.5 Å². The topological polar surface area (TPSA) is 51.2 Å². The molecule has 0 spiro atoms. The van der Waals surface area contributed by atoms with Crippen LogP contribution in [-0.2, 0) is 10.2 Å². The van der Waals surface area contributed by atoms with Crippen LogP contribution in [0, 0.1) is 5.82 Å². The Bertz CT molecular complexity index is 786. The Balaban J connectivity index is 0.00000272. The van der Waals surface area contributed by atoms with E-state index in [1.165, 1.54) is 0 Å². The molecule has 3 aliphatic rings. The standard InChI is InChI=1S/C23H34FN5O.HI/c1-18(21(30)28-11-5-6-12-28)27-13-15-29(16-14-27)22(25-2)26-17-23(9-10-23)19-7-3-4-8-20(19)24;/h3-4,7-8,18H,5-6,9-17H2,1-2H3,(H,25,26);1H. The van der Waals surface area contributed by atoms with Crippen molar-refractivity contribution in [2.24, 2.45) is 4.99 Å². The van der Waals surface area contributed by atoms with E-state index in [0.29, 0.717) is 6.54 Å². The molecule has 4 rings (SSSR count). The van der Waals surface area contributed by atoms with E-state index in [-0.39, 0.29) is 47.2 Å². The fourth-order valence-electron chi connectivity index (χ4n) is 4.84. The van der Waals surface area contributed by atoms with Crippen molar-refractivity contribution >= 4 is 35.8 Å². The number of hydrogen-bond acceptors (Lipinski definition) is 3. The van der Waals surface area contributed by atoms with Gasteiger partial charge >= 0.3 is 0 Å². The number of carbonyl (C=O) groups excluding carboxylic acids is 1. The van der Waals surface area contributed by atoms with Gasteiger partial charge < -0.3 is 15.1 Å². The number of amides is 1. The van der Waals surface area contributed by atoms with Gasteiger partial charge in [0.1, 0.15) is 5.82 Å². The number of rotatable bonds is 5. The number of benzene rings is 1. The van der Waals surface area contributed by atoms with Crippen LogP contribution in [0.2, 0.25) is 0 Å². The van der Waals surface area contributed by atoms with Crippen molar-refractivity contribution in [3.05, 3.63) is 35.6 Å². The maximum Gasteiger partial charge on any atom is 0.239 e. The zero-order chi connectivity index (χ0) is 21.1. The molecule has 2 aliphatic heterocycles. The maximum absolute atomic E-state index is 14.3. The molecule has 8 heteroatoms. The molecule has 0 radical (unpaired) electrons. The van der Waals surface area contributed by atoms with Crippen molar-refractivity contribution < 1.29 is 9.18 Å². The fraction of sp³-hybridized carbons (Fsp3) is 0.652. The molecule has 172 valence electrons. The van der Waals surface area contributed by atoms with E-state index >= 15 is 0 Å². The molecule has 0 bridgehead atoms. The Morgan fingerprint density at radius 2 is 1.74 bits per heavy atom. The lowest BCUT2D eigenvalue weighted by atomic mass is 9.95. The number of nitrogens with zero attached hydrogens (tertiary/aromatic N) is 4. The summed E-state index contributed by atoms with van der Waals surface area (Å²) in [6, 6.07) is 7.06. The second kappa shape index (κ2) is 10.5. The Morgan fingerprint density at radius 3 is 2.32 bits per heavy atom. The zero-order valence-electron chi connectivity index (χ0n) is 18.6. The highest BCUT2D eigenvalue weighted by molar-refractivity contribution is 14.0. The van der Waals surface area contributed by atoms with Gasteiger partial charge in [0, 0.05) is 58.3 Å². The van der Waals surface area contributed by atoms with Gasteiger partial charge in [-0.3, -0.25) is 14.7 Å². The van der Waals surface area contributed by atoms with Crippen molar-refractivity contribution in [3.63, 3.8) is 0 Å². The number of guanidine groups is 1. The maximum atomic E-state index is 14.3. The highest BCUT2D eigenvalue weighted by Crippen LogP contribution is 2.48. The van der Waals surface area contributed by atoms with E-state index in [0.717, 1.165) is 76.5 Å². The van der Waals surface area contributed by atoms with E-state index in [1.807, 2.05) is 24.0 Å². The van der Waals surface area contributed by atoms with E-state index in [1.54, 1.807) is 19.2 Å². The molecule has 6 nitrogen and oxygen atoms in total. The molecule has 2 saturated heterocycles. The van der Waals surface area contributed by atoms with Gasteiger partial charge in [-0.05, 0) is 44.2 Å². The summed E-state index contributed by atoms with van der Waals surface area (Å²) >= 11 is 0. The first-order chi connectivity index (χ1) is 14.5. The van der Waals surface area contributed by atoms with Gasteiger partial charge in [0.15, 0.2) is 5.96 Å². The molecule has 1 unspecified atom stereocenters. The summed E-state index contributed by atoms with van der Waals surface area (Å²) < 4.78 is 14.3. The van der Waals surface area contributed by atoms with Crippen LogP contribution < -0.4 is 5.32 Å². The second-order valence-electron chi connectivity index (χ2n) is 8.89. The van der Waals surface area contributed by atoms with Crippen molar-refractivity contribution in [1.29, 1.82) is 0 Å². The molecule has 1 aromatic carbocycles. The molecule has 31 heavy (non-hydrogen) atoms. The van der Waals surface area contributed by atoms with Gasteiger partial charge in [-0.15, -0.1) is 24.0 Å². The Hall–Kier alpha value is -1.42. The highest BCUT2D eigenvalue weighted by atomic mass is 127. The van der Waals surface area contributed by atoms with Gasteiger partial charge in [0.2, 0.25) is 5.91 Å². The lowest BCUT2D eigenvalue weighted by Crippen LogP contribution is -2.57. The molecular formula is C23H35FIN5O. The number of likely N-dealkylation sites (tertiary alicyclic amines) is 1. The first-order valence-electron chi connectivity index (χ1n) is 11.3. The minimum absolute atomic E-state index is 0. The van der Waals surface area contributed by atoms with Crippen molar-refractivity contribution in [3.8, 4) is 0 Å². The summed E-state index contributed by atoms with van der Waals surface area (Å²) in [4.78, 5) is 23.7. The van der Waals surface area contributed by atoms with Crippen molar-refractivity contribution in [2.45, 2.75) is 44.1 Å². The SMILES string of the molecule is CN=C(NCC1(c2ccccc2F)CC1)N1CCN(C(C)C(=O)N2CCCC2)CC1.I. The lowest BCUT2D eigenvalue weighted by molar-refractivity contribution is -0.135. The molecule has 1 aliphatic carbocycles. The minimum Gasteiger partial charge on any atom is -0.355 e. The van der Waals surface area contributed by atoms with Crippen LogP contribution in [0.4, 0.5) is 4.39 Å². The van der Waals surface area contributed by atoms with Crippen molar-refractivity contribution in [2.75, 3.05) is 52.9 Å². The summed E-state index contributed by atoms with van der Waals surface area (Å²) in [7, 11) is 1.80. The molecular weight excluding hydrogens is 508 g/mol. The average molecular weight is 543 g/mol. The third-order valence-corrected chi connectivity index (χ3v) is 7.03. The van der Waals surface area contributed by atoms with Gasteiger partial charge in [-0.1, -0.05) is 18.2 Å². The largest absolute Gasteiger partial charge is 0.355 e. The van der Waals surface area contributed by atoms with Gasteiger partial charge in [-0.25, -0.2) is 4.39 Å². The molecule has 1 atom stereocenters. The number of nitrogens with one attached hydrogen (secondary N) is 1. The van der Waals surface area contributed by atoms with E-state index in [9.17, 15) is 9.18 Å². The highest BCUT2D eigenvalue weighted by Gasteiger charge is 2.46. The number of carbonyl (C=O) groups is 1. The monoisotopic (exact) mass is 543 g/mol. The Labute approximate surface area is 202 Å². The predicted octanol–water partition coefficient (Wildman–Crippen LogP) is 2.68. The summed E-state index contributed by atoms with van der Waals surface area (Å²) in [6.45, 7) is 7.92. The van der Waals surface area contributed by atoms with Crippen LogP contribution in [0.3, 0.4) is 0 Å².